The molecular formula is C10H16Cl2Zr. The third-order valence-electron chi connectivity index (χ3n) is 2.00. The van der Waals surface area contributed by atoms with E-state index in [1.807, 2.05) is 0 Å². The Morgan fingerprint density at radius 1 is 1.23 bits per heavy atom. The molecule has 1 aliphatic carbocycles. The molecule has 0 aromatic carbocycles. The summed E-state index contributed by atoms with van der Waals surface area (Å²) in [6.07, 6.45) is 5.67. The predicted octanol–water partition coefficient (Wildman–Crippen LogP) is 4.69. The Morgan fingerprint density at radius 2 is 1.69 bits per heavy atom. The first-order valence-electron chi connectivity index (χ1n) is 4.25. The van der Waals surface area contributed by atoms with Crippen LogP contribution in [0.4, 0.5) is 0 Å². The summed E-state index contributed by atoms with van der Waals surface area (Å²) in [7, 11) is 9.87. The molecular weight excluding hydrogens is 282 g/mol. The third-order valence-corrected chi connectivity index (χ3v) is 2.00. The van der Waals surface area contributed by atoms with Crippen LogP contribution in [0.25, 0.3) is 0 Å². The summed E-state index contributed by atoms with van der Waals surface area (Å²) in [5.41, 5.74) is 3.42. The van der Waals surface area contributed by atoms with Gasteiger partial charge in [0.15, 0.2) is 0 Å². The molecule has 0 bridgehead atoms. The molecule has 1 rings (SSSR count). The van der Waals surface area contributed by atoms with Gasteiger partial charge in [0.1, 0.15) is 0 Å². The van der Waals surface area contributed by atoms with E-state index in [1.165, 1.54) is 12.0 Å². The van der Waals surface area contributed by atoms with Crippen LogP contribution in [0.3, 0.4) is 0 Å². The summed E-state index contributed by atoms with van der Waals surface area (Å²) < 4.78 is 0. The summed E-state index contributed by atoms with van der Waals surface area (Å²) in [4.78, 5) is 0. The molecule has 0 saturated carbocycles. The fourth-order valence-corrected chi connectivity index (χ4v) is 1.18. The van der Waals surface area contributed by atoms with Crippen LogP contribution >= 0.6 is 17.0 Å². The average Bonchev–Trinajstić information content (AvgIpc) is 2.35. The normalized spacial score (nSPS) is 15.5. The number of rotatable bonds is 0. The molecule has 0 atom stereocenters. The van der Waals surface area contributed by atoms with Crippen molar-refractivity contribution in [3.05, 3.63) is 23.3 Å². The van der Waals surface area contributed by atoms with Gasteiger partial charge in [0.2, 0.25) is 0 Å². The van der Waals surface area contributed by atoms with E-state index in [0.717, 1.165) is 0 Å². The molecule has 0 nitrogen and oxygen atoms in total. The minimum absolute atomic E-state index is 0.369. The minimum atomic E-state index is -0.826. The second kappa shape index (κ2) is 6.43. The Bertz CT molecular complexity index is 211. The number of hydrogen-bond donors (Lipinski definition) is 0. The van der Waals surface area contributed by atoms with Gasteiger partial charge in [-0.25, -0.2) is 0 Å². The molecule has 1 aliphatic rings. The number of allylic oxidation sites excluding steroid dienone is 4. The molecule has 0 aromatic rings. The number of hydrogen-bond acceptors (Lipinski definition) is 0. The van der Waals surface area contributed by atoms with Gasteiger partial charge in [-0.3, -0.25) is 0 Å². The van der Waals surface area contributed by atoms with Gasteiger partial charge in [0, 0.05) is 0 Å². The van der Waals surface area contributed by atoms with Crippen molar-refractivity contribution >= 4 is 17.0 Å². The van der Waals surface area contributed by atoms with Crippen LogP contribution in [-0.2, 0) is 20.8 Å². The van der Waals surface area contributed by atoms with Crippen molar-refractivity contribution in [1.29, 1.82) is 0 Å². The summed E-state index contributed by atoms with van der Waals surface area (Å²) >= 11 is -0.826. The molecule has 0 aliphatic heterocycles. The van der Waals surface area contributed by atoms with Crippen LogP contribution in [0.5, 0.6) is 0 Å². The van der Waals surface area contributed by atoms with Crippen LogP contribution < -0.4 is 0 Å². The summed E-state index contributed by atoms with van der Waals surface area (Å²) in [5.74, 6) is 0. The van der Waals surface area contributed by atoms with Gasteiger partial charge in [-0.1, -0.05) is 44.1 Å². The van der Waals surface area contributed by atoms with E-state index >= 15 is 0 Å². The van der Waals surface area contributed by atoms with E-state index in [2.05, 4.69) is 39.8 Å². The second-order valence-electron chi connectivity index (χ2n) is 4.20. The monoisotopic (exact) mass is 296 g/mol. The Kier molecular flexibility index (Phi) is 6.90. The maximum absolute atomic E-state index is 4.93. The fraction of sp³-hybridized carbons (Fsp3) is 0.600. The Hall–Kier alpha value is 0.943. The first-order valence-corrected chi connectivity index (χ1v) is 10.6. The van der Waals surface area contributed by atoms with E-state index < -0.39 is 20.8 Å². The quantitative estimate of drug-likeness (QED) is 0.609. The summed E-state index contributed by atoms with van der Waals surface area (Å²) in [5, 5.41) is 0. The van der Waals surface area contributed by atoms with Crippen molar-refractivity contribution in [2.75, 3.05) is 0 Å². The van der Waals surface area contributed by atoms with Crippen molar-refractivity contribution in [1.82, 2.24) is 0 Å². The summed E-state index contributed by atoms with van der Waals surface area (Å²) in [6.45, 7) is 9.00. The van der Waals surface area contributed by atoms with Gasteiger partial charge in [-0.05, 0) is 18.8 Å². The van der Waals surface area contributed by atoms with Gasteiger partial charge in [0.25, 0.3) is 0 Å². The van der Waals surface area contributed by atoms with Crippen molar-refractivity contribution in [3.8, 4) is 0 Å². The van der Waals surface area contributed by atoms with Crippen LogP contribution in [-0.4, -0.2) is 0 Å². The van der Waals surface area contributed by atoms with E-state index in [1.54, 1.807) is 5.57 Å². The van der Waals surface area contributed by atoms with Crippen molar-refractivity contribution in [3.63, 3.8) is 0 Å². The molecule has 0 heterocycles. The topological polar surface area (TPSA) is 0 Å². The molecule has 0 spiro atoms. The van der Waals surface area contributed by atoms with Crippen molar-refractivity contribution in [2.45, 2.75) is 34.1 Å². The van der Waals surface area contributed by atoms with Gasteiger partial charge in [-0.15, -0.1) is 0 Å². The number of halogens is 2. The van der Waals surface area contributed by atoms with Gasteiger partial charge in [-0.2, -0.15) is 0 Å². The Labute approximate surface area is 100 Å². The Balaban J connectivity index is 0.000000424. The van der Waals surface area contributed by atoms with Gasteiger partial charge >= 0.3 is 37.9 Å². The first-order chi connectivity index (χ1) is 5.91. The van der Waals surface area contributed by atoms with Crippen LogP contribution in [0.1, 0.15) is 34.1 Å². The molecule has 0 saturated heterocycles. The molecule has 0 amide bonds. The van der Waals surface area contributed by atoms with Crippen molar-refractivity contribution in [2.24, 2.45) is 5.41 Å². The SMILES string of the molecule is CC1=CC=C(C(C)(C)C)C1.[Cl][Zr][Cl]. The Morgan fingerprint density at radius 3 is 1.85 bits per heavy atom. The van der Waals surface area contributed by atoms with Crippen molar-refractivity contribution < 1.29 is 20.8 Å². The molecule has 0 radical (unpaired) electrons. The van der Waals surface area contributed by atoms with Crippen LogP contribution in [0.15, 0.2) is 23.3 Å². The van der Waals surface area contributed by atoms with E-state index in [0.29, 0.717) is 5.41 Å². The van der Waals surface area contributed by atoms with Gasteiger partial charge in [0.05, 0.1) is 0 Å². The molecule has 0 unspecified atom stereocenters. The van der Waals surface area contributed by atoms with Gasteiger partial charge < -0.3 is 0 Å². The summed E-state index contributed by atoms with van der Waals surface area (Å²) in [6, 6.07) is 0. The molecule has 0 fully saturated rings. The molecule has 0 aromatic heterocycles. The molecule has 13 heavy (non-hydrogen) atoms. The third kappa shape index (κ3) is 6.10. The van der Waals surface area contributed by atoms with E-state index in [4.69, 9.17) is 17.0 Å². The van der Waals surface area contributed by atoms with Crippen LogP contribution in [0.2, 0.25) is 0 Å². The zero-order valence-corrected chi connectivity index (χ0v) is 12.6. The van der Waals surface area contributed by atoms with E-state index in [-0.39, 0.29) is 0 Å². The van der Waals surface area contributed by atoms with E-state index in [9.17, 15) is 0 Å². The second-order valence-corrected chi connectivity index (χ2v) is 7.93. The zero-order chi connectivity index (χ0) is 10.5. The zero-order valence-electron chi connectivity index (χ0n) is 8.62. The first kappa shape index (κ1) is 13.9. The molecule has 0 N–H and O–H groups in total. The maximum atomic E-state index is 4.93. The molecule has 74 valence electrons. The molecule has 3 heteroatoms. The fourth-order valence-electron chi connectivity index (χ4n) is 1.18. The average molecular weight is 298 g/mol. The predicted molar refractivity (Wildman–Crippen MR) is 57.6 cm³/mol. The van der Waals surface area contributed by atoms with Crippen LogP contribution in [0, 0.1) is 5.41 Å². The standard InChI is InChI=1S/C10H16.2ClH.Zr/c1-8-5-6-9(7-8)10(2,3)4;;;/h5-6H,7H2,1-4H3;2*1H;/q;;;+2/p-2.